The molecule has 0 aliphatic heterocycles. The van der Waals surface area contributed by atoms with Crippen LogP contribution < -0.4 is 0 Å². The Hall–Kier alpha value is -0.850. The zero-order chi connectivity index (χ0) is 9.31. The number of nitrogens with zero attached hydrogens (tertiary/aromatic N) is 1. The SMILES string of the molecule is N#Cc1ccc(C2(CO)CCC2)s1. The van der Waals surface area contributed by atoms with Gasteiger partial charge in [-0.2, -0.15) is 5.26 Å². The van der Waals surface area contributed by atoms with Gasteiger partial charge in [0, 0.05) is 10.3 Å². The zero-order valence-corrected chi connectivity index (χ0v) is 8.10. The second-order valence-electron chi connectivity index (χ2n) is 3.57. The second-order valence-corrected chi connectivity index (χ2v) is 4.65. The highest BCUT2D eigenvalue weighted by Gasteiger charge is 2.39. The average Bonchev–Trinajstić information content (AvgIpc) is 2.52. The van der Waals surface area contributed by atoms with Crippen LogP contribution in [0.3, 0.4) is 0 Å². The molecule has 1 aromatic rings. The Balaban J connectivity index is 2.29. The third kappa shape index (κ3) is 1.27. The first-order chi connectivity index (χ1) is 6.30. The first-order valence-corrected chi connectivity index (χ1v) is 5.24. The molecule has 0 radical (unpaired) electrons. The summed E-state index contributed by atoms with van der Waals surface area (Å²) in [6.07, 6.45) is 3.32. The normalized spacial score (nSPS) is 19.1. The lowest BCUT2D eigenvalue weighted by Gasteiger charge is -2.39. The van der Waals surface area contributed by atoms with Gasteiger partial charge in [0.05, 0.1) is 6.61 Å². The smallest absolute Gasteiger partial charge is 0.110 e. The molecule has 68 valence electrons. The summed E-state index contributed by atoms with van der Waals surface area (Å²) in [4.78, 5) is 1.92. The molecule has 0 unspecified atom stereocenters. The lowest BCUT2D eigenvalue weighted by Crippen LogP contribution is -2.36. The highest BCUT2D eigenvalue weighted by molar-refractivity contribution is 7.12. The summed E-state index contributed by atoms with van der Waals surface area (Å²) in [5, 5.41) is 18.0. The van der Waals surface area contributed by atoms with Crippen LogP contribution in [0.25, 0.3) is 0 Å². The van der Waals surface area contributed by atoms with Crippen LogP contribution in [0.4, 0.5) is 0 Å². The molecule has 13 heavy (non-hydrogen) atoms. The molecular formula is C10H11NOS. The molecule has 0 saturated heterocycles. The third-order valence-corrected chi connectivity index (χ3v) is 4.09. The number of hydrogen-bond acceptors (Lipinski definition) is 3. The number of thiophene rings is 1. The van der Waals surface area contributed by atoms with Gasteiger partial charge in [0.1, 0.15) is 10.9 Å². The van der Waals surface area contributed by atoms with E-state index in [1.165, 1.54) is 22.6 Å². The summed E-state index contributed by atoms with van der Waals surface area (Å²) in [6.45, 7) is 0.221. The molecule has 1 aliphatic carbocycles. The van der Waals surface area contributed by atoms with Gasteiger partial charge in [-0.25, -0.2) is 0 Å². The fourth-order valence-electron chi connectivity index (χ4n) is 1.77. The Morgan fingerprint density at radius 3 is 2.69 bits per heavy atom. The van der Waals surface area contributed by atoms with E-state index >= 15 is 0 Å². The molecule has 3 heteroatoms. The Morgan fingerprint density at radius 1 is 1.54 bits per heavy atom. The molecule has 0 bridgehead atoms. The lowest BCUT2D eigenvalue weighted by molar-refractivity contribution is 0.123. The van der Waals surface area contributed by atoms with Crippen molar-refractivity contribution in [3.63, 3.8) is 0 Å². The Labute approximate surface area is 81.4 Å². The molecule has 1 saturated carbocycles. The van der Waals surface area contributed by atoms with Crippen molar-refractivity contribution in [1.82, 2.24) is 0 Å². The number of nitriles is 1. The quantitative estimate of drug-likeness (QED) is 0.781. The Bertz CT molecular complexity index is 341. The van der Waals surface area contributed by atoms with Crippen molar-refractivity contribution >= 4 is 11.3 Å². The standard InChI is InChI=1S/C10H11NOS/c11-6-8-2-3-9(13-8)10(7-12)4-1-5-10/h2-3,12H,1,4-5,7H2. The van der Waals surface area contributed by atoms with E-state index in [0.29, 0.717) is 0 Å². The summed E-state index contributed by atoms with van der Waals surface area (Å²) in [5.74, 6) is 0. The highest BCUT2D eigenvalue weighted by atomic mass is 32.1. The summed E-state index contributed by atoms with van der Waals surface area (Å²) >= 11 is 1.52. The molecular weight excluding hydrogens is 182 g/mol. The highest BCUT2D eigenvalue weighted by Crippen LogP contribution is 2.45. The van der Waals surface area contributed by atoms with E-state index in [1.807, 2.05) is 12.1 Å². The van der Waals surface area contributed by atoms with Gasteiger partial charge in [0.25, 0.3) is 0 Å². The van der Waals surface area contributed by atoms with E-state index in [1.54, 1.807) is 0 Å². The van der Waals surface area contributed by atoms with Crippen molar-refractivity contribution in [2.45, 2.75) is 24.7 Å². The summed E-state index contributed by atoms with van der Waals surface area (Å²) in [7, 11) is 0. The summed E-state index contributed by atoms with van der Waals surface area (Å²) < 4.78 is 0. The Kier molecular flexibility index (Phi) is 2.10. The van der Waals surface area contributed by atoms with E-state index in [2.05, 4.69) is 6.07 Å². The predicted octanol–water partition coefficient (Wildman–Crippen LogP) is 2.03. The fraction of sp³-hybridized carbons (Fsp3) is 0.500. The van der Waals surface area contributed by atoms with Gasteiger partial charge in [-0.1, -0.05) is 6.42 Å². The summed E-state index contributed by atoms with van der Waals surface area (Å²) in [5.41, 5.74) is -0.000231. The van der Waals surface area contributed by atoms with Crippen LogP contribution in [0.2, 0.25) is 0 Å². The molecule has 2 rings (SSSR count). The predicted molar refractivity (Wildman–Crippen MR) is 51.6 cm³/mol. The van der Waals surface area contributed by atoms with Crippen LogP contribution in [0.15, 0.2) is 12.1 Å². The maximum Gasteiger partial charge on any atom is 0.110 e. The van der Waals surface area contributed by atoms with Gasteiger partial charge < -0.3 is 5.11 Å². The van der Waals surface area contributed by atoms with Crippen molar-refractivity contribution in [3.05, 3.63) is 21.9 Å². The molecule has 2 nitrogen and oxygen atoms in total. The van der Waals surface area contributed by atoms with Crippen molar-refractivity contribution in [3.8, 4) is 6.07 Å². The average molecular weight is 193 g/mol. The molecule has 1 heterocycles. The minimum absolute atomic E-state index is 0.000231. The topological polar surface area (TPSA) is 44.0 Å². The first-order valence-electron chi connectivity index (χ1n) is 4.42. The molecule has 0 spiro atoms. The Morgan fingerprint density at radius 2 is 2.31 bits per heavy atom. The number of aliphatic hydroxyl groups excluding tert-OH is 1. The molecule has 0 amide bonds. The number of aliphatic hydroxyl groups is 1. The van der Waals surface area contributed by atoms with E-state index in [9.17, 15) is 5.11 Å². The van der Waals surface area contributed by atoms with Crippen LogP contribution in [-0.4, -0.2) is 11.7 Å². The number of hydrogen-bond donors (Lipinski definition) is 1. The lowest BCUT2D eigenvalue weighted by atomic mass is 9.68. The van der Waals surface area contributed by atoms with E-state index in [0.717, 1.165) is 17.7 Å². The zero-order valence-electron chi connectivity index (χ0n) is 7.29. The molecule has 1 fully saturated rings. The van der Waals surface area contributed by atoms with Gasteiger partial charge in [-0.3, -0.25) is 0 Å². The summed E-state index contributed by atoms with van der Waals surface area (Å²) in [6, 6.07) is 5.96. The van der Waals surface area contributed by atoms with Crippen molar-refractivity contribution in [1.29, 1.82) is 5.26 Å². The fourth-order valence-corrected chi connectivity index (χ4v) is 2.81. The van der Waals surface area contributed by atoms with Crippen LogP contribution in [0.5, 0.6) is 0 Å². The van der Waals surface area contributed by atoms with Crippen LogP contribution in [0, 0.1) is 11.3 Å². The van der Waals surface area contributed by atoms with E-state index < -0.39 is 0 Å². The van der Waals surface area contributed by atoms with Crippen molar-refractivity contribution < 1.29 is 5.11 Å². The van der Waals surface area contributed by atoms with Gasteiger partial charge in [-0.05, 0) is 25.0 Å². The van der Waals surface area contributed by atoms with Gasteiger partial charge in [0.15, 0.2) is 0 Å². The first kappa shape index (κ1) is 8.74. The minimum Gasteiger partial charge on any atom is -0.395 e. The monoisotopic (exact) mass is 193 g/mol. The molecule has 1 N–H and O–H groups in total. The molecule has 0 aromatic carbocycles. The van der Waals surface area contributed by atoms with E-state index in [-0.39, 0.29) is 12.0 Å². The van der Waals surface area contributed by atoms with Crippen molar-refractivity contribution in [2.75, 3.05) is 6.61 Å². The van der Waals surface area contributed by atoms with E-state index in [4.69, 9.17) is 5.26 Å². The van der Waals surface area contributed by atoms with Crippen LogP contribution >= 0.6 is 11.3 Å². The molecule has 1 aromatic heterocycles. The van der Waals surface area contributed by atoms with Crippen LogP contribution in [-0.2, 0) is 5.41 Å². The second kappa shape index (κ2) is 3.13. The molecule has 1 aliphatic rings. The van der Waals surface area contributed by atoms with Gasteiger partial charge >= 0.3 is 0 Å². The number of rotatable bonds is 2. The maximum absolute atomic E-state index is 9.30. The van der Waals surface area contributed by atoms with Gasteiger partial charge in [-0.15, -0.1) is 11.3 Å². The van der Waals surface area contributed by atoms with Crippen LogP contribution in [0.1, 0.15) is 29.0 Å². The van der Waals surface area contributed by atoms with Crippen molar-refractivity contribution in [2.24, 2.45) is 0 Å². The largest absolute Gasteiger partial charge is 0.395 e. The minimum atomic E-state index is -0.000231. The maximum atomic E-state index is 9.30. The molecule has 0 atom stereocenters. The third-order valence-electron chi connectivity index (χ3n) is 2.85. The van der Waals surface area contributed by atoms with Gasteiger partial charge in [0.2, 0.25) is 0 Å².